The van der Waals surface area contributed by atoms with E-state index >= 15 is 4.39 Å². The van der Waals surface area contributed by atoms with Gasteiger partial charge in [0.05, 0.1) is 24.9 Å². The van der Waals surface area contributed by atoms with E-state index in [1.165, 1.54) is 17.8 Å². The Bertz CT molecular complexity index is 955. The summed E-state index contributed by atoms with van der Waals surface area (Å²) in [5.74, 6) is 0.194. The van der Waals surface area contributed by atoms with E-state index in [0.29, 0.717) is 48.3 Å². The summed E-state index contributed by atoms with van der Waals surface area (Å²) in [7, 11) is 0. The second-order valence-corrected chi connectivity index (χ2v) is 9.25. The third kappa shape index (κ3) is 5.05. The molecule has 1 saturated heterocycles. The number of fused-ring (bicyclic) bond motifs is 1. The van der Waals surface area contributed by atoms with E-state index in [4.69, 9.17) is 14.5 Å². The van der Waals surface area contributed by atoms with E-state index < -0.39 is 5.54 Å². The van der Waals surface area contributed by atoms with E-state index in [2.05, 4.69) is 12.2 Å². The number of halogens is 1. The second-order valence-electron chi connectivity index (χ2n) is 8.24. The van der Waals surface area contributed by atoms with Crippen LogP contribution in [0.1, 0.15) is 42.1 Å². The summed E-state index contributed by atoms with van der Waals surface area (Å²) in [6.45, 7) is 3.74. The maximum absolute atomic E-state index is 15.0. The van der Waals surface area contributed by atoms with Crippen molar-refractivity contribution in [3.05, 3.63) is 71.5 Å². The Morgan fingerprint density at radius 2 is 2.03 bits per heavy atom. The molecule has 1 fully saturated rings. The first-order valence-electron chi connectivity index (χ1n) is 11.2. The zero-order valence-electron chi connectivity index (χ0n) is 18.3. The van der Waals surface area contributed by atoms with Crippen LogP contribution in [0.15, 0.2) is 59.6 Å². The second kappa shape index (κ2) is 10.6. The molecule has 2 heterocycles. The van der Waals surface area contributed by atoms with Crippen molar-refractivity contribution >= 4 is 22.8 Å². The molecule has 0 spiro atoms. The fourth-order valence-corrected chi connectivity index (χ4v) is 5.40. The standard InChI is InChI=1S/C25H29FN2O3S/c1-2-3-13-30-16-20-14-25(21-11-7-8-12-22(21)26)19(15-31-20)17-32-24(28-25)27-23(29)18-9-5-4-6-10-18/h4-12,19-20H,2-3,13-17H2,1H3,(H,27,28,29)/t19-,20+,25-/m0/s1. The van der Waals surface area contributed by atoms with Gasteiger partial charge in [-0.1, -0.05) is 61.5 Å². The molecule has 5 nitrogen and oxygen atoms in total. The molecule has 0 aromatic heterocycles. The largest absolute Gasteiger partial charge is 0.379 e. The number of nitrogens with one attached hydrogen (secondary N) is 1. The number of thioether (sulfide) groups is 1. The van der Waals surface area contributed by atoms with Gasteiger partial charge in [-0.25, -0.2) is 4.39 Å². The first-order valence-corrected chi connectivity index (χ1v) is 12.1. The van der Waals surface area contributed by atoms with Crippen LogP contribution in [0, 0.1) is 11.7 Å². The minimum Gasteiger partial charge on any atom is -0.379 e. The lowest BCUT2D eigenvalue weighted by atomic mass is 9.73. The van der Waals surface area contributed by atoms with Crippen molar-refractivity contribution in [3.8, 4) is 0 Å². The molecule has 2 aromatic rings. The van der Waals surface area contributed by atoms with Crippen LogP contribution in [0.4, 0.5) is 4.39 Å². The highest BCUT2D eigenvalue weighted by Crippen LogP contribution is 2.47. The van der Waals surface area contributed by atoms with Crippen molar-refractivity contribution < 1.29 is 18.7 Å². The number of carbonyl (C=O) groups excluding carboxylic acids is 1. The van der Waals surface area contributed by atoms with Crippen LogP contribution in [-0.4, -0.2) is 42.8 Å². The van der Waals surface area contributed by atoms with Crippen LogP contribution >= 0.6 is 11.8 Å². The molecule has 0 unspecified atom stereocenters. The predicted octanol–water partition coefficient (Wildman–Crippen LogP) is 4.78. The number of nitrogens with zero attached hydrogens (tertiary/aromatic N) is 1. The molecule has 4 rings (SSSR count). The van der Waals surface area contributed by atoms with Crippen molar-refractivity contribution in [2.75, 3.05) is 25.6 Å². The molecule has 170 valence electrons. The number of hydrogen-bond donors (Lipinski definition) is 1. The summed E-state index contributed by atoms with van der Waals surface area (Å²) in [5.41, 5.74) is 0.318. The molecule has 2 aromatic carbocycles. The molecule has 32 heavy (non-hydrogen) atoms. The summed E-state index contributed by atoms with van der Waals surface area (Å²) in [5, 5.41) is 3.46. The molecule has 0 saturated carbocycles. The molecule has 0 bridgehead atoms. The minimum absolute atomic E-state index is 0.00803. The SMILES string of the molecule is CCCCOC[C@H]1C[C@]2(c3ccccc3F)N=C(NC(=O)c3ccccc3)SC[C@@H]2CO1. The lowest BCUT2D eigenvalue weighted by molar-refractivity contribution is -0.0882. The molecule has 0 radical (unpaired) electrons. The van der Waals surface area contributed by atoms with Gasteiger partial charge in [0.2, 0.25) is 0 Å². The van der Waals surface area contributed by atoms with Gasteiger partial charge in [-0.3, -0.25) is 9.79 Å². The Kier molecular flexibility index (Phi) is 7.60. The smallest absolute Gasteiger partial charge is 0.257 e. The van der Waals surface area contributed by atoms with Crippen LogP contribution in [0.3, 0.4) is 0 Å². The first-order chi connectivity index (χ1) is 15.6. The van der Waals surface area contributed by atoms with E-state index in [1.807, 2.05) is 24.3 Å². The maximum atomic E-state index is 15.0. The van der Waals surface area contributed by atoms with E-state index in [0.717, 1.165) is 12.8 Å². The fraction of sp³-hybridized carbons (Fsp3) is 0.440. The van der Waals surface area contributed by atoms with Crippen molar-refractivity contribution in [1.29, 1.82) is 0 Å². The Labute approximate surface area is 192 Å². The van der Waals surface area contributed by atoms with Gasteiger partial charge < -0.3 is 14.8 Å². The third-order valence-electron chi connectivity index (χ3n) is 6.01. The van der Waals surface area contributed by atoms with Crippen LogP contribution in [0.2, 0.25) is 0 Å². The first kappa shape index (κ1) is 23.0. The number of unbranched alkanes of at least 4 members (excludes halogenated alkanes) is 1. The molecule has 2 aliphatic rings. The van der Waals surface area contributed by atoms with Crippen LogP contribution in [0.5, 0.6) is 0 Å². The summed E-state index contributed by atoms with van der Waals surface area (Å²) in [4.78, 5) is 17.7. The quantitative estimate of drug-likeness (QED) is 0.610. The number of benzene rings is 2. The van der Waals surface area contributed by atoms with Crippen molar-refractivity contribution in [2.24, 2.45) is 10.9 Å². The van der Waals surface area contributed by atoms with Crippen molar-refractivity contribution in [3.63, 3.8) is 0 Å². The Morgan fingerprint density at radius 3 is 2.81 bits per heavy atom. The van der Waals surface area contributed by atoms with Gasteiger partial charge in [-0.15, -0.1) is 0 Å². The highest BCUT2D eigenvalue weighted by Gasteiger charge is 2.50. The molecule has 0 aliphatic carbocycles. The van der Waals surface area contributed by atoms with E-state index in [1.54, 1.807) is 24.3 Å². The van der Waals surface area contributed by atoms with Crippen molar-refractivity contribution in [1.82, 2.24) is 5.32 Å². The number of rotatable bonds is 7. The minimum atomic E-state index is -0.799. The highest BCUT2D eigenvalue weighted by atomic mass is 32.2. The molecule has 1 amide bonds. The average molecular weight is 457 g/mol. The van der Waals surface area contributed by atoms with E-state index in [9.17, 15) is 4.79 Å². The molecule has 7 heteroatoms. The van der Waals surface area contributed by atoms with Gasteiger partial charge >= 0.3 is 0 Å². The summed E-state index contributed by atoms with van der Waals surface area (Å²) in [6, 6.07) is 15.8. The molecule has 2 aliphatic heterocycles. The zero-order valence-corrected chi connectivity index (χ0v) is 19.1. The number of hydrogen-bond acceptors (Lipinski definition) is 5. The normalized spacial score (nSPS) is 25.0. The Balaban J connectivity index is 1.62. The van der Waals surface area contributed by atoms with Gasteiger partial charge in [0.25, 0.3) is 5.91 Å². The summed E-state index contributed by atoms with van der Waals surface area (Å²) >= 11 is 1.48. The van der Waals surface area contributed by atoms with E-state index in [-0.39, 0.29) is 23.7 Å². The van der Waals surface area contributed by atoms with Gasteiger partial charge in [0.1, 0.15) is 5.82 Å². The molecule has 3 atom stereocenters. The molecule has 1 N–H and O–H groups in total. The summed E-state index contributed by atoms with van der Waals surface area (Å²) in [6.07, 6.45) is 2.40. The van der Waals surface area contributed by atoms with Crippen LogP contribution < -0.4 is 5.32 Å². The molecular formula is C25H29FN2O3S. The van der Waals surface area contributed by atoms with Crippen LogP contribution in [0.25, 0.3) is 0 Å². The number of amides is 1. The highest BCUT2D eigenvalue weighted by molar-refractivity contribution is 8.13. The lowest BCUT2D eigenvalue weighted by Crippen LogP contribution is -2.51. The maximum Gasteiger partial charge on any atom is 0.257 e. The third-order valence-corrected chi connectivity index (χ3v) is 7.05. The van der Waals surface area contributed by atoms with Gasteiger partial charge in [-0.2, -0.15) is 0 Å². The number of ether oxygens (including phenoxy) is 2. The van der Waals surface area contributed by atoms with Crippen LogP contribution in [-0.2, 0) is 15.0 Å². The topological polar surface area (TPSA) is 59.9 Å². The molecular weight excluding hydrogens is 427 g/mol. The fourth-order valence-electron chi connectivity index (χ4n) is 4.27. The monoisotopic (exact) mass is 456 g/mol. The number of aliphatic imine (C=N–C) groups is 1. The lowest BCUT2D eigenvalue weighted by Gasteiger charge is -2.47. The Morgan fingerprint density at radius 1 is 1.25 bits per heavy atom. The van der Waals surface area contributed by atoms with Gasteiger partial charge in [0, 0.05) is 35.8 Å². The van der Waals surface area contributed by atoms with Crippen molar-refractivity contribution in [2.45, 2.75) is 37.8 Å². The number of amidine groups is 1. The predicted molar refractivity (Wildman–Crippen MR) is 125 cm³/mol. The zero-order chi connectivity index (χ0) is 22.4. The van der Waals surface area contributed by atoms with Gasteiger partial charge in [0.15, 0.2) is 5.17 Å². The van der Waals surface area contributed by atoms with Gasteiger partial charge in [-0.05, 0) is 24.6 Å². The Hall–Kier alpha value is -2.22. The average Bonchev–Trinajstić information content (AvgIpc) is 2.82. The number of carbonyl (C=O) groups is 1. The summed E-state index contributed by atoms with van der Waals surface area (Å²) < 4.78 is 26.9.